The first kappa shape index (κ1) is 25.7. The lowest BCUT2D eigenvalue weighted by Gasteiger charge is -2.39. The molecule has 1 aliphatic heterocycles. The molecular formula is C29H32N6O2S. The van der Waals surface area contributed by atoms with E-state index in [2.05, 4.69) is 63.4 Å². The van der Waals surface area contributed by atoms with E-state index in [4.69, 9.17) is 9.72 Å². The van der Waals surface area contributed by atoms with Crippen LogP contribution in [0, 0.1) is 0 Å². The normalized spacial score (nSPS) is 14.1. The molecule has 1 fully saturated rings. The number of rotatable bonds is 8. The van der Waals surface area contributed by atoms with Gasteiger partial charge in [0, 0.05) is 65.5 Å². The highest BCUT2D eigenvalue weighted by molar-refractivity contribution is 7.17. The Balaban J connectivity index is 1.47. The summed E-state index contributed by atoms with van der Waals surface area (Å²) in [4.78, 5) is 26.3. The van der Waals surface area contributed by atoms with Crippen LogP contribution in [0.2, 0.25) is 0 Å². The molecular weight excluding hydrogens is 496 g/mol. The van der Waals surface area contributed by atoms with E-state index in [1.54, 1.807) is 24.6 Å². The lowest BCUT2D eigenvalue weighted by molar-refractivity contribution is -0.111. The van der Waals surface area contributed by atoms with Gasteiger partial charge in [-0.25, -0.2) is 9.97 Å². The Kier molecular flexibility index (Phi) is 7.57. The Morgan fingerprint density at radius 2 is 1.92 bits per heavy atom. The first-order valence-corrected chi connectivity index (χ1v) is 13.6. The topological polar surface area (TPSA) is 82.6 Å². The van der Waals surface area contributed by atoms with Gasteiger partial charge in [0.15, 0.2) is 0 Å². The molecule has 0 atom stereocenters. The highest BCUT2D eigenvalue weighted by atomic mass is 32.1. The predicted molar refractivity (Wildman–Crippen MR) is 157 cm³/mol. The van der Waals surface area contributed by atoms with Crippen molar-refractivity contribution in [2.45, 2.75) is 19.9 Å². The second-order valence-electron chi connectivity index (χ2n) is 9.42. The van der Waals surface area contributed by atoms with Crippen molar-refractivity contribution in [3.63, 3.8) is 0 Å². The number of methoxy groups -OCH3 is 1. The van der Waals surface area contributed by atoms with Gasteiger partial charge in [0.2, 0.25) is 11.9 Å². The molecule has 196 valence electrons. The van der Waals surface area contributed by atoms with Crippen molar-refractivity contribution in [3.05, 3.63) is 66.7 Å². The van der Waals surface area contributed by atoms with Crippen molar-refractivity contribution >= 4 is 50.3 Å². The molecule has 4 aromatic rings. The number of hydrogen-bond acceptors (Lipinski definition) is 8. The fourth-order valence-electron chi connectivity index (χ4n) is 4.73. The number of benzene rings is 2. The molecule has 5 rings (SSSR count). The van der Waals surface area contributed by atoms with Crippen LogP contribution in [0.5, 0.6) is 5.75 Å². The van der Waals surface area contributed by atoms with Crippen LogP contribution in [-0.2, 0) is 4.79 Å². The molecule has 0 unspecified atom stereocenters. The van der Waals surface area contributed by atoms with E-state index in [1.165, 1.54) is 10.8 Å². The Bertz CT molecular complexity index is 1460. The summed E-state index contributed by atoms with van der Waals surface area (Å²) in [5, 5.41) is 9.57. The third-order valence-corrected chi connectivity index (χ3v) is 7.77. The van der Waals surface area contributed by atoms with Crippen molar-refractivity contribution < 1.29 is 9.53 Å². The number of fused-ring (bicyclic) bond motifs is 1. The summed E-state index contributed by atoms with van der Waals surface area (Å²) in [6, 6.07) is 14.5. The van der Waals surface area contributed by atoms with Crippen LogP contribution in [0.25, 0.3) is 21.3 Å². The molecule has 2 aromatic carbocycles. The minimum absolute atomic E-state index is 0.272. The van der Waals surface area contributed by atoms with E-state index in [0.717, 1.165) is 48.5 Å². The van der Waals surface area contributed by atoms with Gasteiger partial charge in [-0.2, -0.15) is 0 Å². The van der Waals surface area contributed by atoms with Crippen LogP contribution in [-0.4, -0.2) is 60.1 Å². The number of aromatic nitrogens is 2. The van der Waals surface area contributed by atoms with Gasteiger partial charge >= 0.3 is 0 Å². The summed E-state index contributed by atoms with van der Waals surface area (Å²) in [6.45, 7) is 11.7. The smallest absolute Gasteiger partial charge is 0.247 e. The predicted octanol–water partition coefficient (Wildman–Crippen LogP) is 5.77. The Morgan fingerprint density at radius 3 is 2.66 bits per heavy atom. The summed E-state index contributed by atoms with van der Waals surface area (Å²) < 4.78 is 6.98. The highest BCUT2D eigenvalue weighted by Gasteiger charge is 2.23. The van der Waals surface area contributed by atoms with Crippen molar-refractivity contribution in [2.24, 2.45) is 0 Å². The maximum Gasteiger partial charge on any atom is 0.247 e. The van der Waals surface area contributed by atoms with Crippen LogP contribution in [0.1, 0.15) is 13.8 Å². The van der Waals surface area contributed by atoms with Gasteiger partial charge in [-0.1, -0.05) is 24.8 Å². The number of nitrogens with zero attached hydrogens (tertiary/aromatic N) is 4. The van der Waals surface area contributed by atoms with Gasteiger partial charge < -0.3 is 20.3 Å². The van der Waals surface area contributed by atoms with Gasteiger partial charge in [-0.05, 0) is 38.1 Å². The fourth-order valence-corrected chi connectivity index (χ4v) is 5.68. The van der Waals surface area contributed by atoms with Crippen LogP contribution < -0.4 is 20.3 Å². The lowest BCUT2D eigenvalue weighted by Crippen LogP contribution is -2.49. The zero-order valence-corrected chi connectivity index (χ0v) is 22.7. The third-order valence-electron chi connectivity index (χ3n) is 6.81. The van der Waals surface area contributed by atoms with Gasteiger partial charge in [-0.3, -0.25) is 9.69 Å². The zero-order valence-electron chi connectivity index (χ0n) is 21.9. The number of hydrogen-bond donors (Lipinski definition) is 2. The fraction of sp³-hybridized carbons (Fsp3) is 0.276. The molecule has 1 aliphatic rings. The maximum atomic E-state index is 12.3. The largest absolute Gasteiger partial charge is 0.494 e. The third kappa shape index (κ3) is 5.34. The molecule has 9 heteroatoms. The quantitative estimate of drug-likeness (QED) is 0.281. The lowest BCUT2D eigenvalue weighted by atomic mass is 10.1. The number of carbonyl (C=O) groups excluding carboxylic acids is 1. The van der Waals surface area contributed by atoms with Crippen molar-refractivity contribution in [1.29, 1.82) is 0 Å². The molecule has 0 bridgehead atoms. The Labute approximate surface area is 227 Å². The van der Waals surface area contributed by atoms with Crippen molar-refractivity contribution in [2.75, 3.05) is 48.8 Å². The maximum absolute atomic E-state index is 12.3. The van der Waals surface area contributed by atoms with Gasteiger partial charge in [0.25, 0.3) is 0 Å². The summed E-state index contributed by atoms with van der Waals surface area (Å²) in [5.41, 5.74) is 4.14. The number of carbonyl (C=O) groups is 1. The van der Waals surface area contributed by atoms with Crippen LogP contribution in [0.15, 0.2) is 66.7 Å². The molecule has 0 saturated carbocycles. The van der Waals surface area contributed by atoms with Crippen LogP contribution in [0.3, 0.4) is 0 Å². The minimum atomic E-state index is -0.272. The summed E-state index contributed by atoms with van der Waals surface area (Å²) in [7, 11) is 1.64. The van der Waals surface area contributed by atoms with Crippen molar-refractivity contribution in [1.82, 2.24) is 14.9 Å². The van der Waals surface area contributed by atoms with Crippen LogP contribution >= 0.6 is 11.3 Å². The highest BCUT2D eigenvalue weighted by Crippen LogP contribution is 2.39. The van der Waals surface area contributed by atoms with E-state index >= 15 is 0 Å². The number of amides is 1. The number of thiophene rings is 1. The minimum Gasteiger partial charge on any atom is -0.494 e. The second kappa shape index (κ2) is 11.2. The van der Waals surface area contributed by atoms with Crippen LogP contribution in [0.4, 0.5) is 23.0 Å². The summed E-state index contributed by atoms with van der Waals surface area (Å²) in [5.74, 6) is 0.805. The first-order chi connectivity index (χ1) is 18.5. The Hall–Kier alpha value is -3.95. The van der Waals surface area contributed by atoms with E-state index in [-0.39, 0.29) is 5.91 Å². The van der Waals surface area contributed by atoms with E-state index in [0.29, 0.717) is 29.1 Å². The number of nitrogens with one attached hydrogen (secondary N) is 2. The van der Waals surface area contributed by atoms with E-state index in [1.807, 2.05) is 30.3 Å². The number of anilines is 4. The average Bonchev–Trinajstić information content (AvgIpc) is 3.38. The zero-order chi connectivity index (χ0) is 26.6. The average molecular weight is 529 g/mol. The molecule has 38 heavy (non-hydrogen) atoms. The molecule has 1 saturated heterocycles. The standard InChI is InChI=1S/C29H32N6O2S/c1-5-28(36)31-23-16-24(26(37-4)17-25(23)35-14-12-34(13-15-35)19(2)3)33-29-30-11-10-22(32-29)21-18-38-27-9-7-6-8-20(21)27/h5-11,16-19H,1,12-15H2,2-4H3,(H,31,36)(H,30,32,33). The van der Waals surface area contributed by atoms with Gasteiger partial charge in [0.05, 0.1) is 29.9 Å². The Morgan fingerprint density at radius 1 is 1.13 bits per heavy atom. The van der Waals surface area contributed by atoms with Gasteiger partial charge in [-0.15, -0.1) is 11.3 Å². The molecule has 0 aliphatic carbocycles. The molecule has 8 nitrogen and oxygen atoms in total. The van der Waals surface area contributed by atoms with E-state index < -0.39 is 0 Å². The molecule has 0 spiro atoms. The van der Waals surface area contributed by atoms with E-state index in [9.17, 15) is 4.79 Å². The molecule has 2 aromatic heterocycles. The molecule has 0 radical (unpaired) electrons. The summed E-state index contributed by atoms with van der Waals surface area (Å²) in [6.07, 6.45) is 3.02. The molecule has 3 heterocycles. The monoisotopic (exact) mass is 528 g/mol. The molecule has 1 amide bonds. The molecule has 2 N–H and O–H groups in total. The van der Waals surface area contributed by atoms with Gasteiger partial charge in [0.1, 0.15) is 5.75 Å². The van der Waals surface area contributed by atoms with Crippen molar-refractivity contribution in [3.8, 4) is 17.0 Å². The summed E-state index contributed by atoms with van der Waals surface area (Å²) >= 11 is 1.69. The second-order valence-corrected chi connectivity index (χ2v) is 10.3. The number of ether oxygens (including phenoxy) is 1. The number of piperazine rings is 1. The first-order valence-electron chi connectivity index (χ1n) is 12.7. The SMILES string of the molecule is C=CC(=O)Nc1cc(Nc2nccc(-c3csc4ccccc34)n2)c(OC)cc1N1CCN(C(C)C)CC1.